The van der Waals surface area contributed by atoms with Crippen molar-refractivity contribution in [1.29, 1.82) is 0 Å². The average molecular weight is 302 g/mol. The van der Waals surface area contributed by atoms with E-state index in [-0.39, 0.29) is 0 Å². The molecular weight excluding hydrogens is 284 g/mol. The first-order valence-electron chi connectivity index (χ1n) is 6.98. The molecular formula is C16H18N2O2S. The van der Waals surface area contributed by atoms with E-state index < -0.39 is 0 Å². The highest BCUT2D eigenvalue weighted by Gasteiger charge is 2.06. The summed E-state index contributed by atoms with van der Waals surface area (Å²) in [7, 11) is 0. The van der Waals surface area contributed by atoms with Crippen molar-refractivity contribution in [3.8, 4) is 0 Å². The third-order valence-electron chi connectivity index (χ3n) is 3.20. The molecule has 5 heteroatoms. The summed E-state index contributed by atoms with van der Waals surface area (Å²) in [6.07, 6.45) is 2.88. The molecule has 4 nitrogen and oxygen atoms in total. The first-order valence-corrected chi connectivity index (χ1v) is 8.37. The van der Waals surface area contributed by atoms with Crippen molar-refractivity contribution in [3.63, 3.8) is 0 Å². The number of fused-ring (bicyclic) bond motifs is 1. The van der Waals surface area contributed by atoms with E-state index >= 15 is 0 Å². The number of benzene rings is 1. The lowest BCUT2D eigenvalue weighted by Crippen LogP contribution is -1.97. The summed E-state index contributed by atoms with van der Waals surface area (Å²) in [6.45, 7) is 2.70. The van der Waals surface area contributed by atoms with Gasteiger partial charge in [-0.15, -0.1) is 0 Å². The van der Waals surface area contributed by atoms with Crippen molar-refractivity contribution in [2.45, 2.75) is 25.6 Å². The molecule has 1 N–H and O–H groups in total. The number of hydrogen-bond acceptors (Lipinski definition) is 5. The van der Waals surface area contributed by atoms with Gasteiger partial charge in [0.1, 0.15) is 17.0 Å². The molecule has 2 heterocycles. The number of oxazole rings is 1. The molecule has 0 spiro atoms. The fourth-order valence-electron chi connectivity index (χ4n) is 2.16. The number of hydrogen-bond donors (Lipinski definition) is 1. The van der Waals surface area contributed by atoms with Gasteiger partial charge in [0.15, 0.2) is 11.5 Å². The molecule has 0 aliphatic heterocycles. The van der Waals surface area contributed by atoms with Crippen molar-refractivity contribution in [1.82, 2.24) is 4.98 Å². The van der Waals surface area contributed by atoms with Crippen LogP contribution >= 0.6 is 11.8 Å². The predicted molar refractivity (Wildman–Crippen MR) is 86.6 cm³/mol. The van der Waals surface area contributed by atoms with Crippen LogP contribution in [0.15, 0.2) is 39.2 Å². The first kappa shape index (κ1) is 14.1. The van der Waals surface area contributed by atoms with Gasteiger partial charge in [0, 0.05) is 12.1 Å². The summed E-state index contributed by atoms with van der Waals surface area (Å²) in [6, 6.07) is 10.00. The van der Waals surface area contributed by atoms with E-state index in [9.17, 15) is 0 Å². The van der Waals surface area contributed by atoms with E-state index in [1.54, 1.807) is 11.8 Å². The molecule has 0 fully saturated rings. The van der Waals surface area contributed by atoms with E-state index in [4.69, 9.17) is 8.83 Å². The van der Waals surface area contributed by atoms with Crippen molar-refractivity contribution in [2.75, 3.05) is 11.6 Å². The average Bonchev–Trinajstić information content (AvgIpc) is 3.11. The van der Waals surface area contributed by atoms with Gasteiger partial charge in [-0.2, -0.15) is 11.8 Å². The Bertz CT molecular complexity index is 733. The fraction of sp³-hybridized carbons (Fsp3) is 0.312. The second-order valence-corrected chi connectivity index (χ2v) is 5.66. The Hall–Kier alpha value is -1.88. The van der Waals surface area contributed by atoms with Gasteiger partial charge in [-0.1, -0.05) is 6.92 Å². The zero-order valence-electron chi connectivity index (χ0n) is 12.2. The lowest BCUT2D eigenvalue weighted by atomic mass is 10.3. The van der Waals surface area contributed by atoms with Crippen molar-refractivity contribution in [3.05, 3.63) is 47.7 Å². The van der Waals surface area contributed by atoms with E-state index in [1.807, 2.05) is 37.3 Å². The molecule has 21 heavy (non-hydrogen) atoms. The van der Waals surface area contributed by atoms with Gasteiger partial charge >= 0.3 is 0 Å². The third kappa shape index (κ3) is 3.24. The molecule has 0 aliphatic carbocycles. The highest BCUT2D eigenvalue weighted by molar-refractivity contribution is 7.97. The van der Waals surface area contributed by atoms with Gasteiger partial charge in [0.25, 0.3) is 0 Å². The van der Waals surface area contributed by atoms with Gasteiger partial charge in [0.2, 0.25) is 0 Å². The molecule has 2 aromatic heterocycles. The number of furan rings is 1. The molecule has 0 unspecified atom stereocenters. The van der Waals surface area contributed by atoms with Crippen molar-refractivity contribution < 1.29 is 8.83 Å². The molecule has 0 bridgehead atoms. The number of rotatable bonds is 6. The predicted octanol–water partition coefficient (Wildman–Crippen LogP) is 4.46. The summed E-state index contributed by atoms with van der Waals surface area (Å²) in [4.78, 5) is 4.44. The highest BCUT2D eigenvalue weighted by Crippen LogP contribution is 2.21. The van der Waals surface area contributed by atoms with Gasteiger partial charge < -0.3 is 14.2 Å². The maximum Gasteiger partial charge on any atom is 0.195 e. The minimum Gasteiger partial charge on any atom is -0.463 e. The topological polar surface area (TPSA) is 51.2 Å². The van der Waals surface area contributed by atoms with Crippen LogP contribution in [0.3, 0.4) is 0 Å². The lowest BCUT2D eigenvalue weighted by Gasteiger charge is -2.03. The monoisotopic (exact) mass is 302 g/mol. The Morgan fingerprint density at radius 2 is 2.00 bits per heavy atom. The quantitative estimate of drug-likeness (QED) is 0.728. The molecule has 0 amide bonds. The largest absolute Gasteiger partial charge is 0.463 e. The molecule has 0 saturated carbocycles. The van der Waals surface area contributed by atoms with Crippen molar-refractivity contribution >= 4 is 28.5 Å². The SMILES string of the molecule is CCc1nc2cc(NCc3ccc(CSC)o3)ccc2o1. The number of aryl methyl sites for hydroxylation is 1. The number of nitrogens with zero attached hydrogens (tertiary/aromatic N) is 1. The van der Waals surface area contributed by atoms with Gasteiger partial charge in [-0.05, 0) is 36.6 Å². The zero-order valence-corrected chi connectivity index (χ0v) is 13.0. The molecule has 3 aromatic rings. The van der Waals surface area contributed by atoms with Crippen LogP contribution in [-0.2, 0) is 18.7 Å². The Morgan fingerprint density at radius 3 is 2.81 bits per heavy atom. The number of anilines is 1. The van der Waals surface area contributed by atoms with E-state index in [1.165, 1.54) is 0 Å². The third-order valence-corrected chi connectivity index (χ3v) is 3.78. The molecule has 0 atom stereocenters. The minimum atomic E-state index is 0.665. The Kier molecular flexibility index (Phi) is 4.20. The molecule has 0 aliphatic rings. The fourth-order valence-corrected chi connectivity index (χ4v) is 2.60. The normalized spacial score (nSPS) is 11.1. The van der Waals surface area contributed by atoms with E-state index in [2.05, 4.69) is 16.6 Å². The Morgan fingerprint density at radius 1 is 1.14 bits per heavy atom. The van der Waals surface area contributed by atoms with Crippen LogP contribution < -0.4 is 5.32 Å². The molecule has 0 saturated heterocycles. The summed E-state index contributed by atoms with van der Waals surface area (Å²) in [5, 5.41) is 3.35. The van der Waals surface area contributed by atoms with Crippen LogP contribution in [0.4, 0.5) is 5.69 Å². The smallest absolute Gasteiger partial charge is 0.195 e. The van der Waals surface area contributed by atoms with Crippen LogP contribution in [0.5, 0.6) is 0 Å². The summed E-state index contributed by atoms with van der Waals surface area (Å²) < 4.78 is 11.3. The van der Waals surface area contributed by atoms with Crippen molar-refractivity contribution in [2.24, 2.45) is 0 Å². The standard InChI is InChI=1S/C16H18N2O2S/c1-3-16-18-14-8-11(4-7-15(14)20-16)17-9-12-5-6-13(19-12)10-21-2/h4-8,17H,3,9-10H2,1-2H3. The summed E-state index contributed by atoms with van der Waals surface area (Å²) in [5.74, 6) is 3.63. The second kappa shape index (κ2) is 6.26. The van der Waals surface area contributed by atoms with E-state index in [0.29, 0.717) is 6.54 Å². The molecule has 110 valence electrons. The van der Waals surface area contributed by atoms with Gasteiger partial charge in [0.05, 0.1) is 12.3 Å². The minimum absolute atomic E-state index is 0.665. The number of aromatic nitrogens is 1. The summed E-state index contributed by atoms with van der Waals surface area (Å²) >= 11 is 1.76. The summed E-state index contributed by atoms with van der Waals surface area (Å²) in [5.41, 5.74) is 2.73. The van der Waals surface area contributed by atoms with E-state index in [0.717, 1.165) is 46.4 Å². The van der Waals surface area contributed by atoms with Crippen LogP contribution in [-0.4, -0.2) is 11.2 Å². The van der Waals surface area contributed by atoms with Gasteiger partial charge in [-0.3, -0.25) is 0 Å². The van der Waals surface area contributed by atoms with Crippen LogP contribution in [0.25, 0.3) is 11.1 Å². The van der Waals surface area contributed by atoms with Crippen LogP contribution in [0, 0.1) is 0 Å². The highest BCUT2D eigenvalue weighted by atomic mass is 32.2. The van der Waals surface area contributed by atoms with Crippen LogP contribution in [0.1, 0.15) is 24.3 Å². The molecule has 3 rings (SSSR count). The van der Waals surface area contributed by atoms with Gasteiger partial charge in [-0.25, -0.2) is 4.98 Å². The number of thioether (sulfide) groups is 1. The first-order chi connectivity index (χ1) is 10.3. The maximum absolute atomic E-state index is 5.74. The second-order valence-electron chi connectivity index (χ2n) is 4.80. The Balaban J connectivity index is 1.69. The molecule has 1 aromatic carbocycles. The Labute approximate surface area is 127 Å². The lowest BCUT2D eigenvalue weighted by molar-refractivity contribution is 0.487. The zero-order chi connectivity index (χ0) is 14.7. The molecule has 0 radical (unpaired) electrons. The van der Waals surface area contributed by atoms with Crippen LogP contribution in [0.2, 0.25) is 0 Å². The maximum atomic E-state index is 5.74. The number of nitrogens with one attached hydrogen (secondary N) is 1.